The highest BCUT2D eigenvalue weighted by molar-refractivity contribution is 5.99. The smallest absolute Gasteiger partial charge is 0.194 e. The van der Waals surface area contributed by atoms with Crippen molar-refractivity contribution in [3.05, 3.63) is 24.2 Å². The van der Waals surface area contributed by atoms with Crippen LogP contribution in [0.3, 0.4) is 0 Å². The summed E-state index contributed by atoms with van der Waals surface area (Å²) in [4.78, 5) is 11.8. The van der Waals surface area contributed by atoms with E-state index < -0.39 is 0 Å². The van der Waals surface area contributed by atoms with E-state index in [-0.39, 0.29) is 11.9 Å². The molecule has 1 aromatic heterocycles. The fourth-order valence-corrected chi connectivity index (χ4v) is 1.34. The van der Waals surface area contributed by atoms with E-state index in [1.54, 1.807) is 6.07 Å². The molecule has 0 aliphatic rings. The number of Topliss-reactive ketones (excluding diaryl/α,β-unsaturated/α-hetero) is 1. The van der Waals surface area contributed by atoms with E-state index >= 15 is 0 Å². The minimum Gasteiger partial charge on any atom is -0.472 e. The first-order valence-electron chi connectivity index (χ1n) is 4.97. The number of hydrogen-bond donors (Lipinski definition) is 0. The van der Waals surface area contributed by atoms with E-state index in [1.807, 2.05) is 13.8 Å². The van der Waals surface area contributed by atoms with Crippen molar-refractivity contribution < 1.29 is 13.9 Å². The molecule has 0 saturated heterocycles. The summed E-state index contributed by atoms with van der Waals surface area (Å²) >= 11 is 0. The van der Waals surface area contributed by atoms with Gasteiger partial charge in [-0.25, -0.2) is 0 Å². The lowest BCUT2D eigenvalue weighted by Crippen LogP contribution is -2.23. The standard InChI is InChI=1S/C11H16O3/c1-3-5-10(14-4-2)11(12)9-6-7-13-8-9/h6-8,10H,3-5H2,1-2H3. The van der Waals surface area contributed by atoms with E-state index in [1.165, 1.54) is 12.5 Å². The van der Waals surface area contributed by atoms with E-state index in [2.05, 4.69) is 0 Å². The van der Waals surface area contributed by atoms with Crippen molar-refractivity contribution in [2.24, 2.45) is 0 Å². The summed E-state index contributed by atoms with van der Waals surface area (Å²) in [5.74, 6) is 0.0162. The maximum absolute atomic E-state index is 11.8. The zero-order chi connectivity index (χ0) is 10.4. The van der Waals surface area contributed by atoms with Gasteiger partial charge in [0.2, 0.25) is 0 Å². The van der Waals surface area contributed by atoms with E-state index in [0.717, 1.165) is 12.8 Å². The molecule has 0 fully saturated rings. The van der Waals surface area contributed by atoms with Crippen LogP contribution in [0.5, 0.6) is 0 Å². The van der Waals surface area contributed by atoms with Crippen LogP contribution in [-0.4, -0.2) is 18.5 Å². The molecule has 0 spiro atoms. The van der Waals surface area contributed by atoms with Crippen LogP contribution in [0.1, 0.15) is 37.0 Å². The molecule has 0 N–H and O–H groups in total. The fraction of sp³-hybridized carbons (Fsp3) is 0.545. The number of rotatable bonds is 6. The zero-order valence-corrected chi connectivity index (χ0v) is 8.66. The second-order valence-corrected chi connectivity index (χ2v) is 3.11. The molecular weight excluding hydrogens is 180 g/mol. The molecule has 0 radical (unpaired) electrons. The molecule has 3 nitrogen and oxygen atoms in total. The summed E-state index contributed by atoms with van der Waals surface area (Å²) in [5.41, 5.74) is 0.594. The van der Waals surface area contributed by atoms with Crippen LogP contribution in [0.15, 0.2) is 23.0 Å². The van der Waals surface area contributed by atoms with Crippen molar-refractivity contribution in [3.63, 3.8) is 0 Å². The highest BCUT2D eigenvalue weighted by atomic mass is 16.5. The summed E-state index contributed by atoms with van der Waals surface area (Å²) in [6.07, 6.45) is 4.35. The monoisotopic (exact) mass is 196 g/mol. The van der Waals surface area contributed by atoms with Gasteiger partial charge in [0.1, 0.15) is 12.4 Å². The SMILES string of the molecule is CCCC(OCC)C(=O)c1ccoc1. The molecule has 1 rings (SSSR count). The Bertz CT molecular complexity index is 258. The molecule has 3 heteroatoms. The predicted molar refractivity (Wildman–Crippen MR) is 53.4 cm³/mol. The van der Waals surface area contributed by atoms with Crippen LogP contribution >= 0.6 is 0 Å². The summed E-state index contributed by atoms with van der Waals surface area (Å²) in [6, 6.07) is 1.67. The third kappa shape index (κ3) is 2.70. The second-order valence-electron chi connectivity index (χ2n) is 3.11. The lowest BCUT2D eigenvalue weighted by molar-refractivity contribution is 0.0422. The first-order valence-corrected chi connectivity index (χ1v) is 4.97. The highest BCUT2D eigenvalue weighted by Gasteiger charge is 2.19. The molecule has 78 valence electrons. The van der Waals surface area contributed by atoms with Crippen molar-refractivity contribution in [1.29, 1.82) is 0 Å². The molecule has 1 heterocycles. The van der Waals surface area contributed by atoms with Crippen LogP contribution in [0.4, 0.5) is 0 Å². The predicted octanol–water partition coefficient (Wildman–Crippen LogP) is 2.67. The average molecular weight is 196 g/mol. The molecule has 1 unspecified atom stereocenters. The largest absolute Gasteiger partial charge is 0.472 e. The van der Waals surface area contributed by atoms with Crippen molar-refractivity contribution in [2.45, 2.75) is 32.8 Å². The number of carbonyl (C=O) groups is 1. The Balaban J connectivity index is 2.63. The third-order valence-electron chi connectivity index (χ3n) is 2.02. The van der Waals surface area contributed by atoms with E-state index in [0.29, 0.717) is 12.2 Å². The van der Waals surface area contributed by atoms with Crippen molar-refractivity contribution in [3.8, 4) is 0 Å². The Hall–Kier alpha value is -1.09. The van der Waals surface area contributed by atoms with Gasteiger partial charge in [0.05, 0.1) is 11.8 Å². The summed E-state index contributed by atoms with van der Waals surface area (Å²) in [7, 11) is 0. The molecule has 0 aromatic carbocycles. The zero-order valence-electron chi connectivity index (χ0n) is 8.66. The van der Waals surface area contributed by atoms with Gasteiger partial charge in [-0.05, 0) is 19.4 Å². The molecule has 0 amide bonds. The Morgan fingerprint density at radius 2 is 2.36 bits per heavy atom. The number of ketones is 1. The van der Waals surface area contributed by atoms with Gasteiger partial charge in [-0.15, -0.1) is 0 Å². The normalized spacial score (nSPS) is 12.7. The molecule has 14 heavy (non-hydrogen) atoms. The molecule has 0 bridgehead atoms. The number of furan rings is 1. The second kappa shape index (κ2) is 5.60. The van der Waals surface area contributed by atoms with Gasteiger partial charge in [0, 0.05) is 6.61 Å². The van der Waals surface area contributed by atoms with Gasteiger partial charge in [-0.1, -0.05) is 13.3 Å². The number of carbonyl (C=O) groups excluding carboxylic acids is 1. The summed E-state index contributed by atoms with van der Waals surface area (Å²) < 4.78 is 10.2. The highest BCUT2D eigenvalue weighted by Crippen LogP contribution is 2.11. The van der Waals surface area contributed by atoms with Gasteiger partial charge in [-0.2, -0.15) is 0 Å². The molecule has 1 atom stereocenters. The number of hydrogen-bond acceptors (Lipinski definition) is 3. The lowest BCUT2D eigenvalue weighted by atomic mass is 10.1. The van der Waals surface area contributed by atoms with Crippen LogP contribution in [-0.2, 0) is 4.74 Å². The Kier molecular flexibility index (Phi) is 4.40. The van der Waals surface area contributed by atoms with Gasteiger partial charge in [0.25, 0.3) is 0 Å². The van der Waals surface area contributed by atoms with Crippen molar-refractivity contribution in [2.75, 3.05) is 6.61 Å². The van der Waals surface area contributed by atoms with Gasteiger partial charge in [0.15, 0.2) is 5.78 Å². The average Bonchev–Trinajstić information content (AvgIpc) is 2.69. The van der Waals surface area contributed by atoms with Crippen LogP contribution < -0.4 is 0 Å². The molecule has 0 aliphatic carbocycles. The Morgan fingerprint density at radius 1 is 1.57 bits per heavy atom. The number of ether oxygens (including phenoxy) is 1. The van der Waals surface area contributed by atoms with Crippen LogP contribution in [0.25, 0.3) is 0 Å². The quantitative estimate of drug-likeness (QED) is 0.656. The van der Waals surface area contributed by atoms with Crippen molar-refractivity contribution >= 4 is 5.78 Å². The Morgan fingerprint density at radius 3 is 2.86 bits per heavy atom. The molecule has 0 saturated carbocycles. The van der Waals surface area contributed by atoms with Gasteiger partial charge in [-0.3, -0.25) is 4.79 Å². The molecular formula is C11H16O3. The maximum Gasteiger partial charge on any atom is 0.194 e. The molecule has 0 aliphatic heterocycles. The minimum absolute atomic E-state index is 0.0162. The maximum atomic E-state index is 11.8. The minimum atomic E-state index is -0.317. The summed E-state index contributed by atoms with van der Waals surface area (Å²) in [5, 5.41) is 0. The summed E-state index contributed by atoms with van der Waals surface area (Å²) in [6.45, 7) is 4.49. The van der Waals surface area contributed by atoms with Gasteiger partial charge >= 0.3 is 0 Å². The lowest BCUT2D eigenvalue weighted by Gasteiger charge is -2.13. The first kappa shape index (κ1) is 11.0. The van der Waals surface area contributed by atoms with E-state index in [4.69, 9.17) is 9.15 Å². The van der Waals surface area contributed by atoms with Gasteiger partial charge < -0.3 is 9.15 Å². The van der Waals surface area contributed by atoms with E-state index in [9.17, 15) is 4.79 Å². The third-order valence-corrected chi connectivity index (χ3v) is 2.02. The van der Waals surface area contributed by atoms with Crippen LogP contribution in [0, 0.1) is 0 Å². The topological polar surface area (TPSA) is 39.4 Å². The van der Waals surface area contributed by atoms with Crippen LogP contribution in [0.2, 0.25) is 0 Å². The Labute approximate surface area is 84.1 Å². The first-order chi connectivity index (χ1) is 6.79. The molecule has 1 aromatic rings. The van der Waals surface area contributed by atoms with Crippen molar-refractivity contribution in [1.82, 2.24) is 0 Å². The fourth-order valence-electron chi connectivity index (χ4n) is 1.34.